The Morgan fingerprint density at radius 1 is 1.18 bits per heavy atom. The molecule has 0 heterocycles. The first-order valence-electron chi connectivity index (χ1n) is 7.75. The van der Waals surface area contributed by atoms with Crippen molar-refractivity contribution in [1.82, 2.24) is 0 Å². The van der Waals surface area contributed by atoms with E-state index >= 15 is 0 Å². The number of hydrogen-bond donors (Lipinski definition) is 0. The van der Waals surface area contributed by atoms with Crippen molar-refractivity contribution in [2.75, 3.05) is 13.4 Å². The summed E-state index contributed by atoms with van der Waals surface area (Å²) in [6.07, 6.45) is 4.52. The Kier molecular flexibility index (Phi) is 6.60. The van der Waals surface area contributed by atoms with Gasteiger partial charge >= 0.3 is 5.97 Å². The lowest BCUT2D eigenvalue weighted by atomic mass is 9.90. The van der Waals surface area contributed by atoms with Crippen LogP contribution in [0.15, 0.2) is 17.0 Å². The van der Waals surface area contributed by atoms with Crippen LogP contribution in [-0.4, -0.2) is 27.8 Å². The SMILES string of the molecule is CCCc1cc(C(CC)CC)c(S(C)(=O)=O)cc1C(=O)OC. The molecule has 0 saturated carbocycles. The van der Waals surface area contributed by atoms with Crippen LogP contribution in [0.1, 0.15) is 67.4 Å². The Labute approximate surface area is 133 Å². The van der Waals surface area contributed by atoms with Crippen LogP contribution in [-0.2, 0) is 21.0 Å². The Morgan fingerprint density at radius 3 is 2.18 bits per heavy atom. The van der Waals surface area contributed by atoms with Gasteiger partial charge in [-0.15, -0.1) is 0 Å². The second-order valence-corrected chi connectivity index (χ2v) is 7.56. The van der Waals surface area contributed by atoms with Gasteiger partial charge in [0.1, 0.15) is 0 Å². The molecule has 1 aromatic rings. The van der Waals surface area contributed by atoms with E-state index in [-0.39, 0.29) is 10.8 Å². The molecule has 22 heavy (non-hydrogen) atoms. The van der Waals surface area contributed by atoms with Crippen LogP contribution in [0.3, 0.4) is 0 Å². The van der Waals surface area contributed by atoms with Crippen molar-refractivity contribution in [1.29, 1.82) is 0 Å². The second kappa shape index (κ2) is 7.77. The number of carbonyl (C=O) groups is 1. The fourth-order valence-electron chi connectivity index (χ4n) is 2.79. The molecule has 4 nitrogen and oxygen atoms in total. The molecular formula is C17H26O4S. The molecule has 0 amide bonds. The van der Waals surface area contributed by atoms with Crippen LogP contribution >= 0.6 is 0 Å². The third-order valence-corrected chi connectivity index (χ3v) is 5.14. The highest BCUT2D eigenvalue weighted by molar-refractivity contribution is 7.90. The van der Waals surface area contributed by atoms with Crippen molar-refractivity contribution in [3.8, 4) is 0 Å². The summed E-state index contributed by atoms with van der Waals surface area (Å²) in [5.41, 5.74) is 2.05. The molecule has 0 saturated heterocycles. The smallest absolute Gasteiger partial charge is 0.338 e. The Balaban J connectivity index is 3.68. The molecule has 0 spiro atoms. The minimum atomic E-state index is -3.40. The van der Waals surface area contributed by atoms with Gasteiger partial charge in [-0.3, -0.25) is 0 Å². The van der Waals surface area contributed by atoms with Gasteiger partial charge in [-0.25, -0.2) is 13.2 Å². The number of esters is 1. The minimum absolute atomic E-state index is 0.173. The van der Waals surface area contributed by atoms with Gasteiger partial charge < -0.3 is 4.74 Å². The summed E-state index contributed by atoms with van der Waals surface area (Å²) >= 11 is 0. The summed E-state index contributed by atoms with van der Waals surface area (Å²) in [5, 5.41) is 0. The lowest BCUT2D eigenvalue weighted by Gasteiger charge is -2.20. The molecule has 0 bridgehead atoms. The van der Waals surface area contributed by atoms with E-state index in [0.29, 0.717) is 5.56 Å². The molecule has 0 aliphatic heterocycles. The zero-order valence-corrected chi connectivity index (χ0v) is 14.9. The van der Waals surface area contributed by atoms with Crippen LogP contribution in [0.4, 0.5) is 0 Å². The zero-order valence-electron chi connectivity index (χ0n) is 14.1. The summed E-state index contributed by atoms with van der Waals surface area (Å²) in [4.78, 5) is 12.2. The fourth-order valence-corrected chi connectivity index (χ4v) is 3.77. The first-order chi connectivity index (χ1) is 10.3. The number of ether oxygens (including phenoxy) is 1. The lowest BCUT2D eigenvalue weighted by molar-refractivity contribution is 0.0599. The minimum Gasteiger partial charge on any atom is -0.465 e. The van der Waals surface area contributed by atoms with Gasteiger partial charge in [0.05, 0.1) is 17.6 Å². The van der Waals surface area contributed by atoms with Crippen molar-refractivity contribution < 1.29 is 17.9 Å². The first kappa shape index (κ1) is 18.7. The predicted octanol–water partition coefficient (Wildman–Crippen LogP) is 3.73. The quantitative estimate of drug-likeness (QED) is 0.716. The van der Waals surface area contributed by atoms with Crippen molar-refractivity contribution in [2.24, 2.45) is 0 Å². The summed E-state index contributed by atoms with van der Waals surface area (Å²) < 4.78 is 29.2. The van der Waals surface area contributed by atoms with Crippen LogP contribution in [0, 0.1) is 0 Å². The molecule has 0 aliphatic rings. The maximum Gasteiger partial charge on any atom is 0.338 e. The third kappa shape index (κ3) is 4.09. The number of aryl methyl sites for hydroxylation is 1. The fraction of sp³-hybridized carbons (Fsp3) is 0.588. The molecular weight excluding hydrogens is 300 g/mol. The third-order valence-electron chi connectivity index (χ3n) is 3.99. The number of hydrogen-bond acceptors (Lipinski definition) is 4. The van der Waals surface area contributed by atoms with E-state index in [1.165, 1.54) is 19.4 Å². The van der Waals surface area contributed by atoms with Gasteiger partial charge in [0.15, 0.2) is 9.84 Å². The normalized spacial score (nSPS) is 11.7. The lowest BCUT2D eigenvalue weighted by Crippen LogP contribution is -2.13. The van der Waals surface area contributed by atoms with Crippen LogP contribution in [0.5, 0.6) is 0 Å². The molecule has 0 atom stereocenters. The van der Waals surface area contributed by atoms with E-state index in [9.17, 15) is 13.2 Å². The summed E-state index contributed by atoms with van der Waals surface area (Å²) in [6.45, 7) is 6.13. The highest BCUT2D eigenvalue weighted by atomic mass is 32.2. The van der Waals surface area contributed by atoms with Crippen molar-refractivity contribution >= 4 is 15.8 Å². The summed E-state index contributed by atoms with van der Waals surface area (Å²) in [5.74, 6) is -0.309. The summed E-state index contributed by atoms with van der Waals surface area (Å²) in [6, 6.07) is 3.39. The zero-order chi connectivity index (χ0) is 16.9. The number of sulfone groups is 1. The number of methoxy groups -OCH3 is 1. The molecule has 0 aliphatic carbocycles. The van der Waals surface area contributed by atoms with E-state index in [1.807, 2.05) is 26.8 Å². The van der Waals surface area contributed by atoms with Gasteiger partial charge in [0.2, 0.25) is 0 Å². The molecule has 1 aromatic carbocycles. The predicted molar refractivity (Wildman–Crippen MR) is 88.2 cm³/mol. The van der Waals surface area contributed by atoms with Crippen molar-refractivity contribution in [2.45, 2.75) is 57.3 Å². The molecule has 1 rings (SSSR count). The van der Waals surface area contributed by atoms with Gasteiger partial charge in [0, 0.05) is 6.26 Å². The maximum atomic E-state index is 12.2. The maximum absolute atomic E-state index is 12.2. The van der Waals surface area contributed by atoms with E-state index in [1.54, 1.807) is 0 Å². The van der Waals surface area contributed by atoms with Crippen LogP contribution < -0.4 is 0 Å². The monoisotopic (exact) mass is 326 g/mol. The van der Waals surface area contributed by atoms with Gasteiger partial charge in [-0.2, -0.15) is 0 Å². The average Bonchev–Trinajstić information content (AvgIpc) is 2.47. The van der Waals surface area contributed by atoms with Crippen molar-refractivity contribution in [3.05, 3.63) is 28.8 Å². The van der Waals surface area contributed by atoms with Crippen LogP contribution in [0.25, 0.3) is 0 Å². The van der Waals surface area contributed by atoms with Gasteiger partial charge in [0.25, 0.3) is 0 Å². The number of benzene rings is 1. The molecule has 0 unspecified atom stereocenters. The highest BCUT2D eigenvalue weighted by Crippen LogP contribution is 2.32. The second-order valence-electron chi connectivity index (χ2n) is 5.57. The molecule has 0 radical (unpaired) electrons. The summed E-state index contributed by atoms with van der Waals surface area (Å²) in [7, 11) is -2.09. The molecule has 5 heteroatoms. The van der Waals surface area contributed by atoms with Crippen LogP contribution in [0.2, 0.25) is 0 Å². The van der Waals surface area contributed by atoms with E-state index in [4.69, 9.17) is 4.74 Å². The number of rotatable bonds is 7. The van der Waals surface area contributed by atoms with E-state index < -0.39 is 15.8 Å². The van der Waals surface area contributed by atoms with E-state index in [0.717, 1.165) is 36.8 Å². The largest absolute Gasteiger partial charge is 0.465 e. The first-order valence-corrected chi connectivity index (χ1v) is 9.64. The van der Waals surface area contributed by atoms with Crippen molar-refractivity contribution in [3.63, 3.8) is 0 Å². The molecule has 124 valence electrons. The topological polar surface area (TPSA) is 60.4 Å². The Hall–Kier alpha value is -1.36. The number of carbonyl (C=O) groups excluding carboxylic acids is 1. The highest BCUT2D eigenvalue weighted by Gasteiger charge is 2.24. The molecule has 0 fully saturated rings. The standard InChI is InChI=1S/C17H26O4S/c1-6-9-13-10-14(12(7-2)8-3)16(22(5,19)20)11-15(13)17(18)21-4/h10-12H,6-9H2,1-5H3. The van der Waals surface area contributed by atoms with E-state index in [2.05, 4.69) is 0 Å². The molecule has 0 aromatic heterocycles. The average molecular weight is 326 g/mol. The Bertz CT molecular complexity index is 628. The molecule has 0 N–H and O–H groups in total. The van der Waals surface area contributed by atoms with Gasteiger partial charge in [-0.1, -0.05) is 33.3 Å². The Morgan fingerprint density at radius 2 is 1.77 bits per heavy atom. The van der Waals surface area contributed by atoms with Gasteiger partial charge in [-0.05, 0) is 42.4 Å².